The number of rotatable bonds is 4. The van der Waals surface area contributed by atoms with E-state index in [1.807, 2.05) is 0 Å². The standard InChI is InChI=1S/C20H20F2N2O2/c21-16-7-3-5-14(11-16)12-23-19(25)15-6-4-10-24(13-15)20(26)17-8-1-2-9-18(17)22/h1-3,5,7-9,11,15H,4,6,10,12-13H2,(H,23,25). The lowest BCUT2D eigenvalue weighted by Gasteiger charge is -2.32. The Morgan fingerprint density at radius 1 is 1.12 bits per heavy atom. The zero-order valence-corrected chi connectivity index (χ0v) is 14.3. The summed E-state index contributed by atoms with van der Waals surface area (Å²) >= 11 is 0. The Labute approximate surface area is 150 Å². The second-order valence-electron chi connectivity index (χ2n) is 6.42. The van der Waals surface area contributed by atoms with Crippen molar-refractivity contribution in [3.63, 3.8) is 0 Å². The first-order valence-corrected chi connectivity index (χ1v) is 8.60. The molecule has 0 radical (unpaired) electrons. The molecule has 0 aromatic heterocycles. The highest BCUT2D eigenvalue weighted by atomic mass is 19.1. The van der Waals surface area contributed by atoms with Gasteiger partial charge in [-0.25, -0.2) is 8.78 Å². The molecule has 1 unspecified atom stereocenters. The number of carbonyl (C=O) groups excluding carboxylic acids is 2. The minimum Gasteiger partial charge on any atom is -0.352 e. The molecule has 2 aromatic rings. The predicted octanol–water partition coefficient (Wildman–Crippen LogP) is 3.13. The van der Waals surface area contributed by atoms with E-state index in [4.69, 9.17) is 0 Å². The first-order chi connectivity index (χ1) is 12.5. The molecule has 1 atom stereocenters. The monoisotopic (exact) mass is 358 g/mol. The van der Waals surface area contributed by atoms with E-state index < -0.39 is 11.7 Å². The van der Waals surface area contributed by atoms with Gasteiger partial charge in [0.15, 0.2) is 0 Å². The van der Waals surface area contributed by atoms with E-state index in [0.717, 1.165) is 0 Å². The molecular weight excluding hydrogens is 338 g/mol. The highest BCUT2D eigenvalue weighted by Gasteiger charge is 2.29. The van der Waals surface area contributed by atoms with Crippen LogP contribution < -0.4 is 5.32 Å². The molecule has 0 saturated carbocycles. The lowest BCUT2D eigenvalue weighted by molar-refractivity contribution is -0.126. The fourth-order valence-corrected chi connectivity index (χ4v) is 3.16. The smallest absolute Gasteiger partial charge is 0.256 e. The molecule has 1 fully saturated rings. The molecule has 0 bridgehead atoms. The van der Waals surface area contributed by atoms with Crippen molar-refractivity contribution in [1.82, 2.24) is 10.2 Å². The highest BCUT2D eigenvalue weighted by Crippen LogP contribution is 2.20. The fourth-order valence-electron chi connectivity index (χ4n) is 3.16. The number of benzene rings is 2. The zero-order chi connectivity index (χ0) is 18.5. The van der Waals surface area contributed by atoms with Gasteiger partial charge >= 0.3 is 0 Å². The van der Waals surface area contributed by atoms with Gasteiger partial charge in [0.2, 0.25) is 5.91 Å². The van der Waals surface area contributed by atoms with Crippen LogP contribution in [0, 0.1) is 17.6 Å². The summed E-state index contributed by atoms with van der Waals surface area (Å²) in [6, 6.07) is 11.9. The lowest BCUT2D eigenvalue weighted by Crippen LogP contribution is -2.45. The SMILES string of the molecule is O=C(NCc1cccc(F)c1)C1CCCN(C(=O)c2ccccc2F)C1. The molecular formula is C20H20F2N2O2. The molecule has 0 spiro atoms. The first-order valence-electron chi connectivity index (χ1n) is 8.60. The van der Waals surface area contributed by atoms with Crippen LogP contribution in [-0.4, -0.2) is 29.8 Å². The first kappa shape index (κ1) is 18.0. The van der Waals surface area contributed by atoms with Crippen LogP contribution in [0.4, 0.5) is 8.78 Å². The minimum absolute atomic E-state index is 0.0216. The number of nitrogens with one attached hydrogen (secondary N) is 1. The van der Waals surface area contributed by atoms with Gasteiger partial charge in [-0.05, 0) is 42.7 Å². The predicted molar refractivity (Wildman–Crippen MR) is 93.3 cm³/mol. The highest BCUT2D eigenvalue weighted by molar-refractivity contribution is 5.95. The van der Waals surface area contributed by atoms with Gasteiger partial charge in [-0.3, -0.25) is 9.59 Å². The van der Waals surface area contributed by atoms with Crippen molar-refractivity contribution in [3.8, 4) is 0 Å². The molecule has 2 amide bonds. The summed E-state index contributed by atoms with van der Waals surface area (Å²) in [6.07, 6.45) is 1.34. The summed E-state index contributed by atoms with van der Waals surface area (Å²) in [7, 11) is 0. The Balaban J connectivity index is 1.60. The van der Waals surface area contributed by atoms with E-state index in [9.17, 15) is 18.4 Å². The van der Waals surface area contributed by atoms with E-state index in [2.05, 4.69) is 5.32 Å². The third kappa shape index (κ3) is 4.25. The Kier molecular flexibility index (Phi) is 5.61. The van der Waals surface area contributed by atoms with Gasteiger partial charge in [-0.1, -0.05) is 24.3 Å². The van der Waals surface area contributed by atoms with E-state index >= 15 is 0 Å². The maximum absolute atomic E-state index is 13.8. The third-order valence-corrected chi connectivity index (χ3v) is 4.54. The largest absolute Gasteiger partial charge is 0.352 e. The molecule has 1 aliphatic rings. The number of halogens is 2. The summed E-state index contributed by atoms with van der Waals surface area (Å²) < 4.78 is 27.0. The van der Waals surface area contributed by atoms with Crippen molar-refractivity contribution in [3.05, 3.63) is 71.3 Å². The van der Waals surface area contributed by atoms with Gasteiger partial charge in [0.25, 0.3) is 5.91 Å². The van der Waals surface area contributed by atoms with Crippen LogP contribution in [0.1, 0.15) is 28.8 Å². The zero-order valence-electron chi connectivity index (χ0n) is 14.3. The molecule has 0 aliphatic carbocycles. The van der Waals surface area contributed by atoms with E-state index in [1.165, 1.54) is 35.2 Å². The Morgan fingerprint density at radius 2 is 1.92 bits per heavy atom. The quantitative estimate of drug-likeness (QED) is 0.913. The number of carbonyl (C=O) groups is 2. The molecule has 4 nitrogen and oxygen atoms in total. The summed E-state index contributed by atoms with van der Waals surface area (Å²) in [4.78, 5) is 26.5. The van der Waals surface area contributed by atoms with Gasteiger partial charge in [-0.2, -0.15) is 0 Å². The van der Waals surface area contributed by atoms with Crippen molar-refractivity contribution in [2.45, 2.75) is 19.4 Å². The molecule has 6 heteroatoms. The second-order valence-corrected chi connectivity index (χ2v) is 6.42. The number of piperidine rings is 1. The van der Waals surface area contributed by atoms with Gasteiger partial charge in [0.1, 0.15) is 11.6 Å². The van der Waals surface area contributed by atoms with Crippen LogP contribution in [0.5, 0.6) is 0 Å². The number of nitrogens with zero attached hydrogens (tertiary/aromatic N) is 1. The van der Waals surface area contributed by atoms with Gasteiger partial charge in [-0.15, -0.1) is 0 Å². The normalized spacial score (nSPS) is 17.0. The topological polar surface area (TPSA) is 49.4 Å². The third-order valence-electron chi connectivity index (χ3n) is 4.54. The van der Waals surface area contributed by atoms with Crippen LogP contribution >= 0.6 is 0 Å². The van der Waals surface area contributed by atoms with Crippen molar-refractivity contribution in [2.24, 2.45) is 5.92 Å². The van der Waals surface area contributed by atoms with Crippen LogP contribution in [0.2, 0.25) is 0 Å². The van der Waals surface area contributed by atoms with Crippen LogP contribution in [0.15, 0.2) is 48.5 Å². The fraction of sp³-hybridized carbons (Fsp3) is 0.300. The summed E-state index contributed by atoms with van der Waals surface area (Å²) in [6.45, 7) is 0.983. The Bertz CT molecular complexity index is 810. The minimum atomic E-state index is -0.560. The second kappa shape index (κ2) is 8.08. The lowest BCUT2D eigenvalue weighted by atomic mass is 9.96. The van der Waals surface area contributed by atoms with E-state index in [0.29, 0.717) is 24.9 Å². The maximum Gasteiger partial charge on any atom is 0.256 e. The molecule has 1 heterocycles. The van der Waals surface area contributed by atoms with Crippen LogP contribution in [-0.2, 0) is 11.3 Å². The summed E-state index contributed by atoms with van der Waals surface area (Å²) in [5, 5.41) is 2.79. The average Bonchev–Trinajstić information content (AvgIpc) is 2.66. The average molecular weight is 358 g/mol. The maximum atomic E-state index is 13.8. The summed E-state index contributed by atoms with van der Waals surface area (Å²) in [5.41, 5.74) is 0.696. The molecule has 3 rings (SSSR count). The molecule has 1 saturated heterocycles. The van der Waals surface area contributed by atoms with Crippen molar-refractivity contribution >= 4 is 11.8 Å². The van der Waals surface area contributed by atoms with Gasteiger partial charge in [0.05, 0.1) is 11.5 Å². The molecule has 1 N–H and O–H groups in total. The van der Waals surface area contributed by atoms with Crippen molar-refractivity contribution < 1.29 is 18.4 Å². The number of hydrogen-bond donors (Lipinski definition) is 1. The molecule has 1 aliphatic heterocycles. The van der Waals surface area contributed by atoms with E-state index in [-0.39, 0.29) is 36.3 Å². The molecule has 2 aromatic carbocycles. The van der Waals surface area contributed by atoms with Crippen molar-refractivity contribution in [2.75, 3.05) is 13.1 Å². The molecule has 26 heavy (non-hydrogen) atoms. The van der Waals surface area contributed by atoms with Gasteiger partial charge in [0, 0.05) is 19.6 Å². The number of hydrogen-bond acceptors (Lipinski definition) is 2. The number of likely N-dealkylation sites (tertiary alicyclic amines) is 1. The Hall–Kier alpha value is -2.76. The summed E-state index contributed by atoms with van der Waals surface area (Å²) in [5.74, 6) is -1.84. The number of amides is 2. The van der Waals surface area contributed by atoms with Gasteiger partial charge < -0.3 is 10.2 Å². The Morgan fingerprint density at radius 3 is 2.69 bits per heavy atom. The van der Waals surface area contributed by atoms with Crippen molar-refractivity contribution in [1.29, 1.82) is 0 Å². The van der Waals surface area contributed by atoms with Crippen LogP contribution in [0.25, 0.3) is 0 Å². The molecule has 136 valence electrons. The van der Waals surface area contributed by atoms with E-state index in [1.54, 1.807) is 18.2 Å². The van der Waals surface area contributed by atoms with Crippen LogP contribution in [0.3, 0.4) is 0 Å².